The smallest absolute Gasteiger partial charge is 0.191 e. The minimum absolute atomic E-state index is 0.408. The molecular formula is C13H23N5S. The molecule has 0 radical (unpaired) electrons. The number of nitrogens with one attached hydrogen (secondary N) is 1. The molecule has 5 nitrogen and oxygen atoms in total. The van der Waals surface area contributed by atoms with E-state index in [-0.39, 0.29) is 0 Å². The van der Waals surface area contributed by atoms with Crippen LogP contribution in [0.3, 0.4) is 0 Å². The SMILES string of the molecule is Cn1c(SCCN2CCCC2)nnc1C1CCCN1. The Balaban J connectivity index is 1.52. The molecule has 0 amide bonds. The van der Waals surface area contributed by atoms with Crippen LogP contribution >= 0.6 is 11.8 Å². The van der Waals surface area contributed by atoms with Gasteiger partial charge in [0.2, 0.25) is 0 Å². The van der Waals surface area contributed by atoms with Gasteiger partial charge in [0, 0.05) is 19.3 Å². The van der Waals surface area contributed by atoms with Gasteiger partial charge in [-0.3, -0.25) is 0 Å². The normalized spacial score (nSPS) is 24.4. The second kappa shape index (κ2) is 6.24. The summed E-state index contributed by atoms with van der Waals surface area (Å²) < 4.78 is 2.16. The van der Waals surface area contributed by atoms with Crippen molar-refractivity contribution in [3.63, 3.8) is 0 Å². The Kier molecular flexibility index (Phi) is 4.40. The summed E-state index contributed by atoms with van der Waals surface area (Å²) >= 11 is 1.83. The maximum absolute atomic E-state index is 4.36. The van der Waals surface area contributed by atoms with Crippen molar-refractivity contribution in [1.82, 2.24) is 25.0 Å². The lowest BCUT2D eigenvalue weighted by Crippen LogP contribution is -2.22. The standard InChI is InChI=1S/C13H23N5S/c1-17-12(11-5-4-6-14-11)15-16-13(17)19-10-9-18-7-2-3-8-18/h11,14H,2-10H2,1H3. The van der Waals surface area contributed by atoms with E-state index in [9.17, 15) is 0 Å². The monoisotopic (exact) mass is 281 g/mol. The van der Waals surface area contributed by atoms with Crippen LogP contribution in [0, 0.1) is 0 Å². The van der Waals surface area contributed by atoms with Crippen molar-refractivity contribution < 1.29 is 0 Å². The van der Waals surface area contributed by atoms with Gasteiger partial charge in [0.15, 0.2) is 11.0 Å². The summed E-state index contributed by atoms with van der Waals surface area (Å²) in [5, 5.41) is 13.3. The second-order valence-corrected chi connectivity index (χ2v) is 6.51. The van der Waals surface area contributed by atoms with Gasteiger partial charge in [-0.05, 0) is 45.3 Å². The highest BCUT2D eigenvalue weighted by Gasteiger charge is 2.22. The average Bonchev–Trinajstić information content (AvgIpc) is 3.12. The molecular weight excluding hydrogens is 258 g/mol. The molecule has 2 aliphatic rings. The van der Waals surface area contributed by atoms with Crippen LogP contribution in [0.2, 0.25) is 0 Å². The summed E-state index contributed by atoms with van der Waals surface area (Å²) in [5.74, 6) is 2.21. The van der Waals surface area contributed by atoms with Crippen molar-refractivity contribution in [1.29, 1.82) is 0 Å². The van der Waals surface area contributed by atoms with Gasteiger partial charge in [-0.15, -0.1) is 10.2 Å². The summed E-state index contributed by atoms with van der Waals surface area (Å²) in [7, 11) is 2.09. The van der Waals surface area contributed by atoms with Gasteiger partial charge < -0.3 is 14.8 Å². The topological polar surface area (TPSA) is 46.0 Å². The highest BCUT2D eigenvalue weighted by atomic mass is 32.2. The van der Waals surface area contributed by atoms with Crippen molar-refractivity contribution in [2.75, 3.05) is 31.9 Å². The highest BCUT2D eigenvalue weighted by Crippen LogP contribution is 2.24. The minimum Gasteiger partial charge on any atom is -0.308 e. The Morgan fingerprint density at radius 3 is 2.84 bits per heavy atom. The maximum Gasteiger partial charge on any atom is 0.191 e. The van der Waals surface area contributed by atoms with Gasteiger partial charge in [0.1, 0.15) is 0 Å². The molecule has 1 atom stereocenters. The third-order valence-corrected chi connectivity index (χ3v) is 5.08. The molecule has 1 unspecified atom stereocenters. The van der Waals surface area contributed by atoms with Crippen molar-refractivity contribution in [3.05, 3.63) is 5.82 Å². The van der Waals surface area contributed by atoms with Gasteiger partial charge in [0.25, 0.3) is 0 Å². The molecule has 3 heterocycles. The summed E-state index contributed by atoms with van der Waals surface area (Å²) in [4.78, 5) is 2.54. The lowest BCUT2D eigenvalue weighted by molar-refractivity contribution is 0.362. The largest absolute Gasteiger partial charge is 0.308 e. The van der Waals surface area contributed by atoms with E-state index in [2.05, 4.69) is 32.0 Å². The first-order valence-corrected chi connectivity index (χ1v) is 8.31. The van der Waals surface area contributed by atoms with E-state index in [1.54, 1.807) is 0 Å². The van der Waals surface area contributed by atoms with Crippen LogP contribution in [-0.2, 0) is 7.05 Å². The predicted octanol–water partition coefficient (Wildman–Crippen LogP) is 1.43. The Morgan fingerprint density at radius 2 is 2.11 bits per heavy atom. The van der Waals surface area contributed by atoms with Gasteiger partial charge in [-0.25, -0.2) is 0 Å². The fourth-order valence-electron chi connectivity index (χ4n) is 2.93. The molecule has 2 saturated heterocycles. The second-order valence-electron chi connectivity index (χ2n) is 5.45. The molecule has 0 bridgehead atoms. The average molecular weight is 281 g/mol. The van der Waals surface area contributed by atoms with Gasteiger partial charge in [-0.2, -0.15) is 0 Å². The Morgan fingerprint density at radius 1 is 1.26 bits per heavy atom. The van der Waals surface area contributed by atoms with Crippen molar-refractivity contribution in [2.45, 2.75) is 36.9 Å². The fourth-order valence-corrected chi connectivity index (χ4v) is 3.85. The zero-order valence-corrected chi connectivity index (χ0v) is 12.5. The molecule has 1 aromatic heterocycles. The molecule has 0 spiro atoms. The van der Waals surface area contributed by atoms with E-state index in [0.717, 1.165) is 23.3 Å². The van der Waals surface area contributed by atoms with E-state index in [1.165, 1.54) is 45.3 Å². The summed E-state index contributed by atoms with van der Waals surface area (Å²) in [5.41, 5.74) is 0. The van der Waals surface area contributed by atoms with Crippen molar-refractivity contribution >= 4 is 11.8 Å². The van der Waals surface area contributed by atoms with Crippen LogP contribution < -0.4 is 5.32 Å². The Bertz CT molecular complexity index is 407. The first kappa shape index (κ1) is 13.4. The lowest BCUT2D eigenvalue weighted by Gasteiger charge is -2.13. The first-order chi connectivity index (χ1) is 9.34. The molecule has 19 heavy (non-hydrogen) atoms. The summed E-state index contributed by atoms with van der Waals surface area (Å²) in [6, 6.07) is 0.408. The molecule has 0 saturated carbocycles. The Hall–Kier alpha value is -0.590. The van der Waals surface area contributed by atoms with E-state index >= 15 is 0 Å². The van der Waals surface area contributed by atoms with Crippen molar-refractivity contribution in [3.8, 4) is 0 Å². The van der Waals surface area contributed by atoms with Crippen LogP contribution in [0.4, 0.5) is 0 Å². The third-order valence-electron chi connectivity index (χ3n) is 4.08. The predicted molar refractivity (Wildman–Crippen MR) is 77.4 cm³/mol. The number of likely N-dealkylation sites (tertiary alicyclic amines) is 1. The van der Waals surface area contributed by atoms with Crippen molar-refractivity contribution in [2.24, 2.45) is 7.05 Å². The molecule has 2 aliphatic heterocycles. The van der Waals surface area contributed by atoms with Gasteiger partial charge in [0.05, 0.1) is 6.04 Å². The summed E-state index contributed by atoms with van der Waals surface area (Å²) in [6.07, 6.45) is 5.16. The van der Waals surface area contributed by atoms with E-state index in [1.807, 2.05) is 11.8 Å². The maximum atomic E-state index is 4.36. The minimum atomic E-state index is 0.408. The Labute approximate surface area is 119 Å². The molecule has 106 valence electrons. The number of hydrogen-bond donors (Lipinski definition) is 1. The molecule has 1 aromatic rings. The van der Waals surface area contributed by atoms with E-state index < -0.39 is 0 Å². The third kappa shape index (κ3) is 3.12. The zero-order valence-electron chi connectivity index (χ0n) is 11.6. The van der Waals surface area contributed by atoms with E-state index in [0.29, 0.717) is 6.04 Å². The van der Waals surface area contributed by atoms with Gasteiger partial charge >= 0.3 is 0 Å². The van der Waals surface area contributed by atoms with Crippen LogP contribution in [0.1, 0.15) is 37.5 Å². The number of rotatable bonds is 5. The van der Waals surface area contributed by atoms with E-state index in [4.69, 9.17) is 0 Å². The number of thioether (sulfide) groups is 1. The molecule has 0 aliphatic carbocycles. The molecule has 2 fully saturated rings. The van der Waals surface area contributed by atoms with Crippen LogP contribution in [0.5, 0.6) is 0 Å². The number of aromatic nitrogens is 3. The first-order valence-electron chi connectivity index (χ1n) is 7.32. The number of hydrogen-bond acceptors (Lipinski definition) is 5. The molecule has 6 heteroatoms. The van der Waals surface area contributed by atoms with Gasteiger partial charge in [-0.1, -0.05) is 11.8 Å². The van der Waals surface area contributed by atoms with Crippen LogP contribution in [0.25, 0.3) is 0 Å². The quantitative estimate of drug-likeness (QED) is 0.827. The molecule has 1 N–H and O–H groups in total. The number of nitrogens with zero attached hydrogens (tertiary/aromatic N) is 4. The zero-order chi connectivity index (χ0) is 13.1. The van der Waals surface area contributed by atoms with Crippen LogP contribution in [-0.4, -0.2) is 51.6 Å². The molecule has 3 rings (SSSR count). The highest BCUT2D eigenvalue weighted by molar-refractivity contribution is 7.99. The summed E-state index contributed by atoms with van der Waals surface area (Å²) in [6.45, 7) is 4.83. The molecule has 0 aromatic carbocycles. The van der Waals surface area contributed by atoms with Crippen LogP contribution in [0.15, 0.2) is 5.16 Å². The fraction of sp³-hybridized carbons (Fsp3) is 0.846. The lowest BCUT2D eigenvalue weighted by atomic mass is 10.2.